The third-order valence-electron chi connectivity index (χ3n) is 2.72. The average Bonchev–Trinajstić information content (AvgIpc) is 2.38. The molecule has 1 heterocycles. The first-order chi connectivity index (χ1) is 9.08. The molecule has 0 bridgehead atoms. The highest BCUT2D eigenvalue weighted by molar-refractivity contribution is 7.80. The Morgan fingerprint density at radius 1 is 1.37 bits per heavy atom. The number of benzene rings is 1. The van der Waals surface area contributed by atoms with E-state index in [1.165, 1.54) is 0 Å². The van der Waals surface area contributed by atoms with Gasteiger partial charge < -0.3 is 10.6 Å². The quantitative estimate of drug-likeness (QED) is 0.880. The first-order valence-corrected chi connectivity index (χ1v) is 6.57. The van der Waals surface area contributed by atoms with Crippen molar-refractivity contribution in [3.05, 3.63) is 58.7 Å². The van der Waals surface area contributed by atoms with Crippen LogP contribution in [0.3, 0.4) is 0 Å². The second-order valence-electron chi connectivity index (χ2n) is 4.22. The fourth-order valence-electron chi connectivity index (χ4n) is 1.88. The molecule has 2 rings (SSSR count). The summed E-state index contributed by atoms with van der Waals surface area (Å²) in [5.41, 5.74) is 7.60. The average molecular weight is 292 g/mol. The van der Waals surface area contributed by atoms with Crippen molar-refractivity contribution < 1.29 is 0 Å². The molecule has 5 heteroatoms. The number of hydrogen-bond donors (Lipinski definition) is 1. The van der Waals surface area contributed by atoms with Crippen LogP contribution in [-0.2, 0) is 6.54 Å². The normalized spacial score (nSPS) is 10.2. The van der Waals surface area contributed by atoms with E-state index < -0.39 is 0 Å². The number of thiocarbonyl (C=S) groups is 1. The summed E-state index contributed by atoms with van der Waals surface area (Å²) in [6, 6.07) is 11.4. The number of rotatable bonds is 4. The Kier molecular flexibility index (Phi) is 4.35. The van der Waals surface area contributed by atoms with E-state index in [0.717, 1.165) is 22.0 Å². The van der Waals surface area contributed by atoms with Crippen LogP contribution in [0.5, 0.6) is 0 Å². The van der Waals surface area contributed by atoms with Crippen molar-refractivity contribution in [3.63, 3.8) is 0 Å². The van der Waals surface area contributed by atoms with Crippen LogP contribution in [0.1, 0.15) is 11.1 Å². The lowest BCUT2D eigenvalue weighted by molar-refractivity contribution is 0.896. The van der Waals surface area contributed by atoms with Gasteiger partial charge in [-0.25, -0.2) is 4.98 Å². The van der Waals surface area contributed by atoms with Crippen molar-refractivity contribution in [2.45, 2.75) is 6.54 Å². The molecule has 1 aromatic carbocycles. The zero-order valence-corrected chi connectivity index (χ0v) is 12.1. The predicted molar refractivity (Wildman–Crippen MR) is 83.7 cm³/mol. The first kappa shape index (κ1) is 13.8. The van der Waals surface area contributed by atoms with Crippen LogP contribution in [0.25, 0.3) is 0 Å². The molecular formula is C14H14ClN3S. The number of hydrogen-bond acceptors (Lipinski definition) is 3. The lowest BCUT2D eigenvalue weighted by Crippen LogP contribution is -2.22. The minimum Gasteiger partial charge on any atom is -0.389 e. The summed E-state index contributed by atoms with van der Waals surface area (Å²) in [5.74, 6) is 0.773. The highest BCUT2D eigenvalue weighted by Crippen LogP contribution is 2.19. The van der Waals surface area contributed by atoms with Crippen LogP contribution in [-0.4, -0.2) is 17.0 Å². The van der Waals surface area contributed by atoms with Gasteiger partial charge in [0.15, 0.2) is 0 Å². The van der Waals surface area contributed by atoms with Crippen LogP contribution in [0, 0.1) is 0 Å². The molecule has 0 unspecified atom stereocenters. The summed E-state index contributed by atoms with van der Waals surface area (Å²) < 4.78 is 0. The topological polar surface area (TPSA) is 42.2 Å². The summed E-state index contributed by atoms with van der Waals surface area (Å²) in [5, 5.41) is 0.724. The van der Waals surface area contributed by atoms with E-state index in [-0.39, 0.29) is 0 Å². The fourth-order valence-corrected chi connectivity index (χ4v) is 2.25. The summed E-state index contributed by atoms with van der Waals surface area (Å²) in [6.07, 6.45) is 1.73. The molecule has 2 aromatic rings. The monoisotopic (exact) mass is 291 g/mol. The van der Waals surface area contributed by atoms with Gasteiger partial charge >= 0.3 is 0 Å². The lowest BCUT2D eigenvalue weighted by Gasteiger charge is -2.20. The van der Waals surface area contributed by atoms with Gasteiger partial charge in [0.05, 0.1) is 5.56 Å². The van der Waals surface area contributed by atoms with Gasteiger partial charge in [0.2, 0.25) is 0 Å². The Labute approximate surface area is 123 Å². The molecule has 0 aliphatic rings. The Morgan fingerprint density at radius 3 is 2.84 bits per heavy atom. The van der Waals surface area contributed by atoms with E-state index in [4.69, 9.17) is 29.6 Å². The molecule has 98 valence electrons. The Hall–Kier alpha value is -1.65. The number of nitrogens with two attached hydrogens (primary N) is 1. The maximum Gasteiger partial charge on any atom is 0.138 e. The summed E-state index contributed by atoms with van der Waals surface area (Å²) in [7, 11) is 1.95. The lowest BCUT2D eigenvalue weighted by atomic mass is 10.2. The van der Waals surface area contributed by atoms with Crippen LogP contribution >= 0.6 is 23.8 Å². The molecule has 0 saturated heterocycles. The standard InChI is InChI=1S/C14H14ClN3S/c1-18(9-10-4-2-5-11(15)8-10)14-12(13(16)19)6-3-7-17-14/h2-8H,9H2,1H3,(H2,16,19). The van der Waals surface area contributed by atoms with Crippen LogP contribution in [0.4, 0.5) is 5.82 Å². The number of aromatic nitrogens is 1. The van der Waals surface area contributed by atoms with E-state index in [1.807, 2.05) is 48.3 Å². The number of nitrogens with zero attached hydrogens (tertiary/aromatic N) is 2. The van der Waals surface area contributed by atoms with Crippen LogP contribution in [0.15, 0.2) is 42.6 Å². The molecule has 0 radical (unpaired) electrons. The van der Waals surface area contributed by atoms with E-state index >= 15 is 0 Å². The minimum absolute atomic E-state index is 0.348. The SMILES string of the molecule is CN(Cc1cccc(Cl)c1)c1ncccc1C(N)=S. The van der Waals surface area contributed by atoms with E-state index in [0.29, 0.717) is 11.5 Å². The Bertz CT molecular complexity index is 601. The van der Waals surface area contributed by atoms with Crippen molar-refractivity contribution in [3.8, 4) is 0 Å². The molecule has 0 aliphatic heterocycles. The maximum absolute atomic E-state index is 5.98. The van der Waals surface area contributed by atoms with Gasteiger partial charge in [-0.1, -0.05) is 36.0 Å². The number of halogens is 1. The molecule has 2 N–H and O–H groups in total. The number of pyridine rings is 1. The van der Waals surface area contributed by atoms with Gasteiger partial charge in [-0.05, 0) is 29.8 Å². The molecule has 19 heavy (non-hydrogen) atoms. The predicted octanol–water partition coefficient (Wildman–Crippen LogP) is 3.01. The van der Waals surface area contributed by atoms with Gasteiger partial charge in [0.1, 0.15) is 10.8 Å². The smallest absolute Gasteiger partial charge is 0.138 e. The first-order valence-electron chi connectivity index (χ1n) is 5.78. The van der Waals surface area contributed by atoms with E-state index in [2.05, 4.69) is 4.98 Å². The van der Waals surface area contributed by atoms with Crippen LogP contribution < -0.4 is 10.6 Å². The van der Waals surface area contributed by atoms with Gasteiger partial charge in [0.25, 0.3) is 0 Å². The Morgan fingerprint density at radius 2 is 2.16 bits per heavy atom. The fraction of sp³-hybridized carbons (Fsp3) is 0.143. The van der Waals surface area contributed by atoms with Crippen molar-refractivity contribution in [1.82, 2.24) is 4.98 Å². The molecule has 1 aromatic heterocycles. The van der Waals surface area contributed by atoms with Crippen molar-refractivity contribution >= 4 is 34.6 Å². The van der Waals surface area contributed by atoms with E-state index in [9.17, 15) is 0 Å². The van der Waals surface area contributed by atoms with Crippen molar-refractivity contribution in [2.75, 3.05) is 11.9 Å². The van der Waals surface area contributed by atoms with Gasteiger partial charge in [-0.2, -0.15) is 0 Å². The van der Waals surface area contributed by atoms with Crippen LogP contribution in [0.2, 0.25) is 5.02 Å². The third-order valence-corrected chi connectivity index (χ3v) is 3.18. The summed E-state index contributed by atoms with van der Waals surface area (Å²) >= 11 is 11.0. The highest BCUT2D eigenvalue weighted by atomic mass is 35.5. The molecule has 0 atom stereocenters. The van der Waals surface area contributed by atoms with E-state index in [1.54, 1.807) is 6.20 Å². The largest absolute Gasteiger partial charge is 0.389 e. The highest BCUT2D eigenvalue weighted by Gasteiger charge is 2.11. The van der Waals surface area contributed by atoms with Gasteiger partial charge in [0, 0.05) is 24.8 Å². The summed E-state index contributed by atoms with van der Waals surface area (Å²) in [4.78, 5) is 6.69. The van der Waals surface area contributed by atoms with Gasteiger partial charge in [-0.3, -0.25) is 0 Å². The molecule has 0 aliphatic carbocycles. The molecular weight excluding hydrogens is 278 g/mol. The second-order valence-corrected chi connectivity index (χ2v) is 5.10. The second kappa shape index (κ2) is 5.99. The Balaban J connectivity index is 2.25. The maximum atomic E-state index is 5.98. The third kappa shape index (κ3) is 3.43. The minimum atomic E-state index is 0.348. The molecule has 0 amide bonds. The zero-order chi connectivity index (χ0) is 13.8. The summed E-state index contributed by atoms with van der Waals surface area (Å²) in [6.45, 7) is 0.688. The molecule has 0 saturated carbocycles. The van der Waals surface area contributed by atoms with Crippen molar-refractivity contribution in [1.29, 1.82) is 0 Å². The molecule has 0 spiro atoms. The number of anilines is 1. The zero-order valence-electron chi connectivity index (χ0n) is 10.5. The van der Waals surface area contributed by atoms with Gasteiger partial charge in [-0.15, -0.1) is 0 Å². The molecule has 3 nitrogen and oxygen atoms in total. The molecule has 0 fully saturated rings. The van der Waals surface area contributed by atoms with Crippen molar-refractivity contribution in [2.24, 2.45) is 5.73 Å².